The van der Waals surface area contributed by atoms with Crippen molar-refractivity contribution in [1.82, 2.24) is 10.6 Å². The molecule has 0 saturated heterocycles. The molecule has 0 aromatic carbocycles. The highest BCUT2D eigenvalue weighted by molar-refractivity contribution is 5.81. The van der Waals surface area contributed by atoms with E-state index < -0.39 is 0 Å². The molecule has 0 radical (unpaired) electrons. The molecule has 0 bridgehead atoms. The Labute approximate surface area is 80.0 Å². The maximum Gasteiger partial charge on any atom is 0.191 e. The fraction of sp³-hybridized carbons (Fsp3) is 0.900. The predicted molar refractivity (Wildman–Crippen MR) is 54.8 cm³/mol. The predicted octanol–water partition coefficient (Wildman–Crippen LogP) is 0.970. The van der Waals surface area contributed by atoms with Gasteiger partial charge in [-0.1, -0.05) is 13.8 Å². The van der Waals surface area contributed by atoms with Crippen LogP contribution in [0, 0.1) is 11.8 Å². The summed E-state index contributed by atoms with van der Waals surface area (Å²) in [6.07, 6.45) is 2.68. The molecule has 1 saturated carbocycles. The summed E-state index contributed by atoms with van der Waals surface area (Å²) in [6.45, 7) is 6.52. The van der Waals surface area contributed by atoms with E-state index in [9.17, 15) is 0 Å². The summed E-state index contributed by atoms with van der Waals surface area (Å²) in [5, 5.41) is 6.69. The van der Waals surface area contributed by atoms with E-state index in [1.165, 1.54) is 12.8 Å². The minimum absolute atomic E-state index is 0.701. The standard InChI is InChI=1S/C10H19N3/c1-7(2)5-8-6-9(8)13-10-11-3-4-12-10/h7-9H,3-6H2,1-2H3,(H2,11,12,13). The Morgan fingerprint density at radius 2 is 2.46 bits per heavy atom. The number of hydrogen-bond donors (Lipinski definition) is 2. The molecule has 0 aromatic heterocycles. The first-order valence-corrected chi connectivity index (χ1v) is 5.30. The van der Waals surface area contributed by atoms with Crippen molar-refractivity contribution in [3.63, 3.8) is 0 Å². The van der Waals surface area contributed by atoms with Crippen LogP contribution in [0.1, 0.15) is 26.7 Å². The van der Waals surface area contributed by atoms with Crippen molar-refractivity contribution < 1.29 is 0 Å². The van der Waals surface area contributed by atoms with Gasteiger partial charge >= 0.3 is 0 Å². The number of nitrogens with one attached hydrogen (secondary N) is 2. The number of guanidine groups is 1. The topological polar surface area (TPSA) is 36.4 Å². The van der Waals surface area contributed by atoms with Gasteiger partial charge in [-0.25, -0.2) is 0 Å². The zero-order valence-corrected chi connectivity index (χ0v) is 8.51. The van der Waals surface area contributed by atoms with Crippen LogP contribution in [0.15, 0.2) is 4.99 Å². The summed E-state index contributed by atoms with van der Waals surface area (Å²) in [5.74, 6) is 2.75. The molecule has 1 aliphatic heterocycles. The second-order valence-electron chi connectivity index (χ2n) is 4.53. The minimum atomic E-state index is 0.701. The number of hydrogen-bond acceptors (Lipinski definition) is 3. The van der Waals surface area contributed by atoms with Gasteiger partial charge in [-0.2, -0.15) is 0 Å². The van der Waals surface area contributed by atoms with Gasteiger partial charge in [-0.05, 0) is 24.7 Å². The lowest BCUT2D eigenvalue weighted by atomic mass is 10.1. The van der Waals surface area contributed by atoms with Crippen molar-refractivity contribution >= 4 is 5.96 Å². The summed E-state index contributed by atoms with van der Waals surface area (Å²) >= 11 is 0. The van der Waals surface area contributed by atoms with Crippen molar-refractivity contribution in [2.24, 2.45) is 16.8 Å². The van der Waals surface area contributed by atoms with Gasteiger partial charge < -0.3 is 10.6 Å². The van der Waals surface area contributed by atoms with Gasteiger partial charge in [0.15, 0.2) is 5.96 Å². The average molecular weight is 181 g/mol. The SMILES string of the molecule is CC(C)CC1CC1NC1=NCCN1. The van der Waals surface area contributed by atoms with Crippen molar-refractivity contribution in [3.8, 4) is 0 Å². The van der Waals surface area contributed by atoms with Gasteiger partial charge in [-0.3, -0.25) is 4.99 Å². The third-order valence-electron chi connectivity index (χ3n) is 2.69. The Balaban J connectivity index is 1.68. The fourth-order valence-electron chi connectivity index (χ4n) is 1.96. The quantitative estimate of drug-likeness (QED) is 0.680. The summed E-state index contributed by atoms with van der Waals surface area (Å²) in [4.78, 5) is 4.32. The third-order valence-corrected chi connectivity index (χ3v) is 2.69. The number of nitrogens with zero attached hydrogens (tertiary/aromatic N) is 1. The molecule has 2 unspecified atom stereocenters. The summed E-state index contributed by atoms with van der Waals surface area (Å²) in [6, 6.07) is 0.701. The van der Waals surface area contributed by atoms with Crippen molar-refractivity contribution in [1.29, 1.82) is 0 Å². The van der Waals surface area contributed by atoms with Crippen LogP contribution in [0.3, 0.4) is 0 Å². The second kappa shape index (κ2) is 3.56. The van der Waals surface area contributed by atoms with Gasteiger partial charge in [0.05, 0.1) is 6.54 Å². The van der Waals surface area contributed by atoms with Crippen LogP contribution in [-0.2, 0) is 0 Å². The molecule has 1 fully saturated rings. The van der Waals surface area contributed by atoms with Crippen LogP contribution in [0.5, 0.6) is 0 Å². The van der Waals surface area contributed by atoms with E-state index in [0.717, 1.165) is 30.9 Å². The zero-order valence-electron chi connectivity index (χ0n) is 8.51. The smallest absolute Gasteiger partial charge is 0.191 e. The fourth-order valence-corrected chi connectivity index (χ4v) is 1.96. The maximum absolute atomic E-state index is 4.32. The van der Waals surface area contributed by atoms with Gasteiger partial charge in [-0.15, -0.1) is 0 Å². The van der Waals surface area contributed by atoms with E-state index in [0.29, 0.717) is 6.04 Å². The van der Waals surface area contributed by atoms with Crippen LogP contribution >= 0.6 is 0 Å². The first-order chi connectivity index (χ1) is 6.25. The molecule has 2 rings (SSSR count). The summed E-state index contributed by atoms with van der Waals surface area (Å²) in [5.41, 5.74) is 0. The van der Waals surface area contributed by atoms with E-state index in [1.807, 2.05) is 0 Å². The van der Waals surface area contributed by atoms with E-state index in [1.54, 1.807) is 0 Å². The highest BCUT2D eigenvalue weighted by Crippen LogP contribution is 2.35. The van der Waals surface area contributed by atoms with E-state index >= 15 is 0 Å². The monoisotopic (exact) mass is 181 g/mol. The molecule has 3 heteroatoms. The van der Waals surface area contributed by atoms with Crippen LogP contribution in [0.25, 0.3) is 0 Å². The second-order valence-corrected chi connectivity index (χ2v) is 4.53. The highest BCUT2D eigenvalue weighted by atomic mass is 15.2. The molecule has 2 atom stereocenters. The van der Waals surface area contributed by atoms with E-state index in [4.69, 9.17) is 0 Å². The van der Waals surface area contributed by atoms with Gasteiger partial charge in [0.1, 0.15) is 0 Å². The average Bonchev–Trinajstić information content (AvgIpc) is 2.61. The first kappa shape index (κ1) is 8.85. The van der Waals surface area contributed by atoms with Crippen LogP contribution in [-0.4, -0.2) is 25.1 Å². The zero-order chi connectivity index (χ0) is 9.26. The van der Waals surface area contributed by atoms with E-state index in [-0.39, 0.29) is 0 Å². The molecule has 0 spiro atoms. The first-order valence-electron chi connectivity index (χ1n) is 5.30. The lowest BCUT2D eigenvalue weighted by Gasteiger charge is -2.06. The largest absolute Gasteiger partial charge is 0.355 e. The molecule has 1 aliphatic carbocycles. The molecule has 1 heterocycles. The molecular weight excluding hydrogens is 162 g/mol. The Kier molecular flexibility index (Phi) is 2.42. The molecule has 2 N–H and O–H groups in total. The van der Waals surface area contributed by atoms with Crippen LogP contribution in [0.4, 0.5) is 0 Å². The maximum atomic E-state index is 4.32. The molecule has 3 nitrogen and oxygen atoms in total. The number of rotatable bonds is 3. The van der Waals surface area contributed by atoms with Crippen LogP contribution in [0.2, 0.25) is 0 Å². The highest BCUT2D eigenvalue weighted by Gasteiger charge is 2.37. The Morgan fingerprint density at radius 1 is 1.62 bits per heavy atom. The molecule has 13 heavy (non-hydrogen) atoms. The molecular formula is C10H19N3. The minimum Gasteiger partial charge on any atom is -0.355 e. The van der Waals surface area contributed by atoms with Gasteiger partial charge in [0, 0.05) is 12.6 Å². The molecule has 74 valence electrons. The Morgan fingerprint density at radius 3 is 3.08 bits per heavy atom. The third kappa shape index (κ3) is 2.36. The van der Waals surface area contributed by atoms with Crippen molar-refractivity contribution in [2.75, 3.05) is 13.1 Å². The van der Waals surface area contributed by atoms with E-state index in [2.05, 4.69) is 29.5 Å². The molecule has 0 amide bonds. The number of aliphatic imine (C=N–C) groups is 1. The lowest BCUT2D eigenvalue weighted by Crippen LogP contribution is -2.35. The lowest BCUT2D eigenvalue weighted by molar-refractivity contribution is 0.524. The van der Waals surface area contributed by atoms with Crippen LogP contribution < -0.4 is 10.6 Å². The Bertz CT molecular complexity index is 210. The van der Waals surface area contributed by atoms with Crippen molar-refractivity contribution in [3.05, 3.63) is 0 Å². The Hall–Kier alpha value is -0.730. The summed E-state index contributed by atoms with van der Waals surface area (Å²) in [7, 11) is 0. The normalized spacial score (nSPS) is 31.5. The van der Waals surface area contributed by atoms with Crippen molar-refractivity contribution in [2.45, 2.75) is 32.7 Å². The molecule has 0 aromatic rings. The molecule has 2 aliphatic rings. The van der Waals surface area contributed by atoms with Gasteiger partial charge in [0.25, 0.3) is 0 Å². The summed E-state index contributed by atoms with van der Waals surface area (Å²) < 4.78 is 0. The van der Waals surface area contributed by atoms with Gasteiger partial charge in [0.2, 0.25) is 0 Å².